The second-order valence-electron chi connectivity index (χ2n) is 7.95. The van der Waals surface area contributed by atoms with E-state index in [-0.39, 0.29) is 6.29 Å². The van der Waals surface area contributed by atoms with Gasteiger partial charge in [-0.05, 0) is 69.2 Å². The van der Waals surface area contributed by atoms with Gasteiger partial charge in [-0.3, -0.25) is 0 Å². The van der Waals surface area contributed by atoms with Crippen LogP contribution in [0.1, 0.15) is 38.5 Å². The number of nitrogens with zero attached hydrogens (tertiary/aromatic N) is 1. The van der Waals surface area contributed by atoms with Crippen LogP contribution in [0.5, 0.6) is 11.5 Å². The van der Waals surface area contributed by atoms with Gasteiger partial charge in [0.05, 0.1) is 13.7 Å². The van der Waals surface area contributed by atoms with Gasteiger partial charge in [0.2, 0.25) is 0 Å². The number of hydrogen-bond donors (Lipinski definition) is 1. The molecule has 1 aromatic carbocycles. The van der Waals surface area contributed by atoms with Gasteiger partial charge >= 0.3 is 0 Å². The average Bonchev–Trinajstić information content (AvgIpc) is 2.66. The third kappa shape index (κ3) is 4.26. The third-order valence-electron chi connectivity index (χ3n) is 5.99. The summed E-state index contributed by atoms with van der Waals surface area (Å²) in [6, 6.07) is 6.30. The van der Waals surface area contributed by atoms with Crippen LogP contribution in [0.4, 0.5) is 5.69 Å². The Bertz CT molecular complexity index is 577. The molecule has 5 heteroatoms. The maximum atomic E-state index is 6.01. The van der Waals surface area contributed by atoms with Crippen molar-refractivity contribution < 1.29 is 14.2 Å². The smallest absolute Gasteiger partial charge is 0.200 e. The number of benzene rings is 1. The van der Waals surface area contributed by atoms with E-state index in [0.717, 1.165) is 49.2 Å². The molecule has 0 aromatic heterocycles. The van der Waals surface area contributed by atoms with Gasteiger partial charge in [-0.15, -0.1) is 0 Å². The highest BCUT2D eigenvalue weighted by molar-refractivity contribution is 5.57. The molecule has 3 fully saturated rings. The Balaban J connectivity index is 1.31. The minimum absolute atomic E-state index is 0.137. The predicted molar refractivity (Wildman–Crippen MR) is 103 cm³/mol. The molecule has 0 bridgehead atoms. The standard InChI is InChI=1S/C21H32N2O3/c1-24-20-13-18(5-6-19(20)26-21-4-2-3-11-25-21)23-14-17(15-23)12-16-7-9-22-10-8-16/h5-6,13,16-17,21-22H,2-4,7-12,14-15H2,1H3. The van der Waals surface area contributed by atoms with E-state index in [9.17, 15) is 0 Å². The summed E-state index contributed by atoms with van der Waals surface area (Å²) < 4.78 is 17.3. The van der Waals surface area contributed by atoms with Crippen LogP contribution in [-0.2, 0) is 4.74 Å². The Kier molecular flexibility index (Phi) is 5.85. The zero-order chi connectivity index (χ0) is 17.8. The van der Waals surface area contributed by atoms with Crippen molar-refractivity contribution in [3.05, 3.63) is 18.2 Å². The van der Waals surface area contributed by atoms with E-state index in [4.69, 9.17) is 14.2 Å². The summed E-state index contributed by atoms with van der Waals surface area (Å²) in [5, 5.41) is 3.46. The summed E-state index contributed by atoms with van der Waals surface area (Å²) in [6.45, 7) is 5.52. The highest BCUT2D eigenvalue weighted by atomic mass is 16.7. The fourth-order valence-corrected chi connectivity index (χ4v) is 4.41. The molecule has 0 spiro atoms. The Morgan fingerprint density at radius 1 is 1.08 bits per heavy atom. The average molecular weight is 360 g/mol. The van der Waals surface area contributed by atoms with E-state index in [0.29, 0.717) is 0 Å². The molecule has 0 aliphatic carbocycles. The quantitative estimate of drug-likeness (QED) is 0.842. The zero-order valence-corrected chi connectivity index (χ0v) is 15.9. The molecule has 3 heterocycles. The van der Waals surface area contributed by atoms with Gasteiger partial charge in [-0.1, -0.05) is 0 Å². The second-order valence-corrected chi connectivity index (χ2v) is 7.95. The molecule has 0 amide bonds. The molecular formula is C21H32N2O3. The summed E-state index contributed by atoms with van der Waals surface area (Å²) in [6.07, 6.45) is 7.19. The molecule has 1 N–H and O–H groups in total. The molecule has 144 valence electrons. The summed E-state index contributed by atoms with van der Waals surface area (Å²) in [4.78, 5) is 2.45. The fraction of sp³-hybridized carbons (Fsp3) is 0.714. The molecule has 1 aromatic rings. The van der Waals surface area contributed by atoms with Crippen molar-refractivity contribution in [1.82, 2.24) is 5.32 Å². The van der Waals surface area contributed by atoms with E-state index in [1.54, 1.807) is 7.11 Å². The van der Waals surface area contributed by atoms with E-state index in [1.807, 2.05) is 6.07 Å². The molecule has 3 saturated heterocycles. The van der Waals surface area contributed by atoms with Gasteiger partial charge in [0.15, 0.2) is 17.8 Å². The normalized spacial score (nSPS) is 25.0. The van der Waals surface area contributed by atoms with Crippen molar-refractivity contribution in [2.75, 3.05) is 44.8 Å². The number of ether oxygens (including phenoxy) is 3. The van der Waals surface area contributed by atoms with Crippen molar-refractivity contribution in [2.24, 2.45) is 11.8 Å². The first-order valence-electron chi connectivity index (χ1n) is 10.2. The van der Waals surface area contributed by atoms with Crippen LogP contribution in [0, 0.1) is 11.8 Å². The fourth-order valence-electron chi connectivity index (χ4n) is 4.41. The lowest BCUT2D eigenvalue weighted by Crippen LogP contribution is -2.48. The van der Waals surface area contributed by atoms with Crippen LogP contribution >= 0.6 is 0 Å². The van der Waals surface area contributed by atoms with E-state index in [1.165, 1.54) is 51.1 Å². The second kappa shape index (κ2) is 8.49. The Morgan fingerprint density at radius 2 is 1.92 bits per heavy atom. The lowest BCUT2D eigenvalue weighted by molar-refractivity contribution is -0.106. The first kappa shape index (κ1) is 17.9. The van der Waals surface area contributed by atoms with Gasteiger partial charge in [-0.2, -0.15) is 0 Å². The van der Waals surface area contributed by atoms with Gasteiger partial charge in [-0.25, -0.2) is 0 Å². The number of nitrogens with one attached hydrogen (secondary N) is 1. The number of rotatable bonds is 6. The lowest BCUT2D eigenvalue weighted by atomic mass is 9.84. The number of piperidine rings is 1. The summed E-state index contributed by atoms with van der Waals surface area (Å²) in [5.41, 5.74) is 1.24. The molecule has 3 aliphatic heterocycles. The highest BCUT2D eigenvalue weighted by Gasteiger charge is 2.30. The maximum Gasteiger partial charge on any atom is 0.200 e. The predicted octanol–water partition coefficient (Wildman–Crippen LogP) is 3.43. The largest absolute Gasteiger partial charge is 0.493 e. The SMILES string of the molecule is COc1cc(N2CC(CC3CCNCC3)C2)ccc1OC1CCCCO1. The molecule has 3 aliphatic rings. The molecule has 0 saturated carbocycles. The molecular weight excluding hydrogens is 328 g/mol. The topological polar surface area (TPSA) is 43.0 Å². The number of hydrogen-bond acceptors (Lipinski definition) is 5. The number of anilines is 1. The minimum Gasteiger partial charge on any atom is -0.493 e. The highest BCUT2D eigenvalue weighted by Crippen LogP contribution is 2.37. The molecule has 0 radical (unpaired) electrons. The number of methoxy groups -OCH3 is 1. The van der Waals surface area contributed by atoms with Gasteiger partial charge < -0.3 is 24.4 Å². The van der Waals surface area contributed by atoms with Gasteiger partial charge in [0, 0.05) is 31.3 Å². The van der Waals surface area contributed by atoms with Crippen molar-refractivity contribution in [3.8, 4) is 11.5 Å². The van der Waals surface area contributed by atoms with Crippen LogP contribution < -0.4 is 19.7 Å². The summed E-state index contributed by atoms with van der Waals surface area (Å²) in [7, 11) is 1.71. The molecule has 26 heavy (non-hydrogen) atoms. The van der Waals surface area contributed by atoms with Gasteiger partial charge in [0.25, 0.3) is 0 Å². The third-order valence-corrected chi connectivity index (χ3v) is 5.99. The summed E-state index contributed by atoms with van der Waals surface area (Å²) in [5.74, 6) is 3.35. The van der Waals surface area contributed by atoms with Crippen LogP contribution in [0.25, 0.3) is 0 Å². The maximum absolute atomic E-state index is 6.01. The van der Waals surface area contributed by atoms with Crippen molar-refractivity contribution in [3.63, 3.8) is 0 Å². The van der Waals surface area contributed by atoms with Crippen LogP contribution in [0.3, 0.4) is 0 Å². The first-order valence-corrected chi connectivity index (χ1v) is 10.2. The monoisotopic (exact) mass is 360 g/mol. The van der Waals surface area contributed by atoms with Crippen molar-refractivity contribution >= 4 is 5.69 Å². The lowest BCUT2D eigenvalue weighted by Gasteiger charge is -2.43. The van der Waals surface area contributed by atoms with E-state index < -0.39 is 0 Å². The van der Waals surface area contributed by atoms with Crippen molar-refractivity contribution in [1.29, 1.82) is 0 Å². The van der Waals surface area contributed by atoms with Crippen LogP contribution in [0.2, 0.25) is 0 Å². The minimum atomic E-state index is -0.137. The van der Waals surface area contributed by atoms with Crippen LogP contribution in [-0.4, -0.2) is 46.2 Å². The first-order chi connectivity index (χ1) is 12.8. The molecule has 1 atom stereocenters. The molecule has 1 unspecified atom stereocenters. The van der Waals surface area contributed by atoms with Crippen molar-refractivity contribution in [2.45, 2.75) is 44.8 Å². The summed E-state index contributed by atoms with van der Waals surface area (Å²) >= 11 is 0. The Hall–Kier alpha value is -1.46. The molecule has 4 rings (SSSR count). The van der Waals surface area contributed by atoms with Gasteiger partial charge in [0.1, 0.15) is 0 Å². The van der Waals surface area contributed by atoms with E-state index in [2.05, 4.69) is 22.3 Å². The van der Waals surface area contributed by atoms with Crippen LogP contribution in [0.15, 0.2) is 18.2 Å². The Labute approximate surface area is 157 Å². The Morgan fingerprint density at radius 3 is 2.65 bits per heavy atom. The van der Waals surface area contributed by atoms with E-state index >= 15 is 0 Å². The zero-order valence-electron chi connectivity index (χ0n) is 15.9. The molecule has 5 nitrogen and oxygen atoms in total.